The summed E-state index contributed by atoms with van der Waals surface area (Å²) < 4.78 is 11.2. The summed E-state index contributed by atoms with van der Waals surface area (Å²) in [6.07, 6.45) is 0. The van der Waals surface area contributed by atoms with Gasteiger partial charge in [-0.25, -0.2) is 4.90 Å². The molecule has 1 aliphatic heterocycles. The fourth-order valence-electron chi connectivity index (χ4n) is 3.61. The highest BCUT2D eigenvalue weighted by molar-refractivity contribution is 6.46. The van der Waals surface area contributed by atoms with Crippen molar-refractivity contribution in [2.45, 2.75) is 13.8 Å². The van der Waals surface area contributed by atoms with Crippen LogP contribution in [0.1, 0.15) is 19.4 Å². The van der Waals surface area contributed by atoms with Crippen LogP contribution < -0.4 is 19.7 Å². The third-order valence-corrected chi connectivity index (χ3v) is 5.32. The van der Waals surface area contributed by atoms with Gasteiger partial charge in [-0.3, -0.25) is 9.59 Å². The predicted molar refractivity (Wildman–Crippen MR) is 130 cm³/mol. The summed E-state index contributed by atoms with van der Waals surface area (Å²) in [6.45, 7) is 4.76. The first-order valence-electron chi connectivity index (χ1n) is 10.6. The summed E-state index contributed by atoms with van der Waals surface area (Å²) in [6, 6.07) is 21.0. The quantitative estimate of drug-likeness (QED) is 0.445. The van der Waals surface area contributed by atoms with Gasteiger partial charge in [-0.05, 0) is 67.9 Å². The van der Waals surface area contributed by atoms with Crippen molar-refractivity contribution in [3.8, 4) is 11.5 Å². The van der Waals surface area contributed by atoms with Gasteiger partial charge in [0.25, 0.3) is 11.8 Å². The zero-order valence-corrected chi connectivity index (χ0v) is 19.1. The summed E-state index contributed by atoms with van der Waals surface area (Å²) >= 11 is 6.05. The molecule has 2 amide bonds. The predicted octanol–water partition coefficient (Wildman–Crippen LogP) is 5.53. The highest BCUT2D eigenvalue weighted by Gasteiger charge is 2.40. The van der Waals surface area contributed by atoms with Gasteiger partial charge in [-0.15, -0.1) is 0 Å². The number of halogens is 1. The number of amides is 2. The molecule has 0 fully saturated rings. The summed E-state index contributed by atoms with van der Waals surface area (Å²) in [5.41, 5.74) is 2.06. The van der Waals surface area contributed by atoms with Crippen molar-refractivity contribution in [3.63, 3.8) is 0 Å². The van der Waals surface area contributed by atoms with Gasteiger partial charge < -0.3 is 14.8 Å². The number of carbonyl (C=O) groups is 2. The molecule has 0 unspecified atom stereocenters. The Hall–Kier alpha value is -3.77. The van der Waals surface area contributed by atoms with Crippen molar-refractivity contribution in [2.75, 3.05) is 23.4 Å². The first kappa shape index (κ1) is 22.4. The molecule has 1 N–H and O–H groups in total. The second-order valence-electron chi connectivity index (χ2n) is 7.18. The molecular formula is C26H23ClN2O4. The maximum absolute atomic E-state index is 13.5. The van der Waals surface area contributed by atoms with Gasteiger partial charge >= 0.3 is 0 Å². The molecule has 4 rings (SSSR count). The van der Waals surface area contributed by atoms with Gasteiger partial charge in [0.15, 0.2) is 0 Å². The third kappa shape index (κ3) is 4.56. The molecule has 33 heavy (non-hydrogen) atoms. The number of nitrogens with zero attached hydrogens (tertiary/aromatic N) is 1. The van der Waals surface area contributed by atoms with Gasteiger partial charge in [0.2, 0.25) is 0 Å². The molecule has 0 saturated carbocycles. The fourth-order valence-corrected chi connectivity index (χ4v) is 3.73. The van der Waals surface area contributed by atoms with E-state index in [2.05, 4.69) is 5.32 Å². The van der Waals surface area contributed by atoms with E-state index in [0.29, 0.717) is 46.7 Å². The zero-order chi connectivity index (χ0) is 23.4. The zero-order valence-electron chi connectivity index (χ0n) is 18.3. The Balaban J connectivity index is 1.77. The van der Waals surface area contributed by atoms with E-state index >= 15 is 0 Å². The van der Waals surface area contributed by atoms with E-state index in [0.717, 1.165) is 4.90 Å². The smallest absolute Gasteiger partial charge is 0.282 e. The minimum absolute atomic E-state index is 0.170. The molecule has 3 aromatic carbocycles. The number of hydrogen-bond donors (Lipinski definition) is 1. The number of imide groups is 1. The largest absolute Gasteiger partial charge is 0.494 e. The summed E-state index contributed by atoms with van der Waals surface area (Å²) in [5.74, 6) is 0.362. The number of ether oxygens (including phenoxy) is 2. The molecule has 0 atom stereocenters. The Bertz CT molecular complexity index is 1200. The molecule has 0 radical (unpaired) electrons. The van der Waals surface area contributed by atoms with Gasteiger partial charge in [-0.1, -0.05) is 35.9 Å². The average molecular weight is 463 g/mol. The normalized spacial score (nSPS) is 13.5. The molecule has 0 aromatic heterocycles. The molecular weight excluding hydrogens is 440 g/mol. The molecule has 3 aromatic rings. The lowest BCUT2D eigenvalue weighted by atomic mass is 10.0. The lowest BCUT2D eigenvalue weighted by Gasteiger charge is -2.16. The van der Waals surface area contributed by atoms with E-state index in [1.165, 1.54) is 0 Å². The molecule has 1 aliphatic rings. The van der Waals surface area contributed by atoms with Crippen molar-refractivity contribution >= 4 is 40.4 Å². The molecule has 6 nitrogen and oxygen atoms in total. The lowest BCUT2D eigenvalue weighted by molar-refractivity contribution is -0.120. The minimum Gasteiger partial charge on any atom is -0.494 e. The van der Waals surface area contributed by atoms with Crippen molar-refractivity contribution < 1.29 is 19.1 Å². The summed E-state index contributed by atoms with van der Waals surface area (Å²) in [4.78, 5) is 28.2. The Labute approximate surface area is 197 Å². The Morgan fingerprint density at radius 2 is 1.48 bits per heavy atom. The van der Waals surface area contributed by atoms with Crippen LogP contribution in [-0.2, 0) is 9.59 Å². The van der Waals surface area contributed by atoms with Gasteiger partial charge in [-0.2, -0.15) is 0 Å². The molecule has 0 aliphatic carbocycles. The molecule has 0 bridgehead atoms. The number of carbonyl (C=O) groups excluding carboxylic acids is 2. The van der Waals surface area contributed by atoms with Crippen LogP contribution in [0.5, 0.6) is 11.5 Å². The van der Waals surface area contributed by atoms with Gasteiger partial charge in [0, 0.05) is 5.02 Å². The highest BCUT2D eigenvalue weighted by atomic mass is 35.5. The average Bonchev–Trinajstić information content (AvgIpc) is 3.06. The highest BCUT2D eigenvalue weighted by Crippen LogP contribution is 2.36. The summed E-state index contributed by atoms with van der Waals surface area (Å²) in [5, 5.41) is 3.69. The van der Waals surface area contributed by atoms with Crippen molar-refractivity contribution in [2.24, 2.45) is 0 Å². The van der Waals surface area contributed by atoms with Gasteiger partial charge in [0.1, 0.15) is 17.2 Å². The monoisotopic (exact) mass is 462 g/mol. The number of nitrogens with one attached hydrogen (secondary N) is 1. The molecule has 0 spiro atoms. The van der Waals surface area contributed by atoms with Crippen LogP contribution in [0.25, 0.3) is 5.57 Å². The van der Waals surface area contributed by atoms with Crippen molar-refractivity contribution in [3.05, 3.63) is 89.1 Å². The van der Waals surface area contributed by atoms with E-state index in [1.807, 2.05) is 26.0 Å². The first-order chi connectivity index (χ1) is 16.0. The van der Waals surface area contributed by atoms with E-state index in [1.54, 1.807) is 60.7 Å². The number of benzene rings is 3. The standard InChI is InChI=1S/C26H23ClN2O4/c1-3-32-20-15-13-19(14-16-20)29-25(30)23(17-9-11-18(27)12-10-17)24(26(29)31)28-21-7-5-6-8-22(21)33-4-2/h5-16,28H,3-4H2,1-2H3. The van der Waals surface area contributed by atoms with E-state index < -0.39 is 11.8 Å². The third-order valence-electron chi connectivity index (χ3n) is 5.07. The van der Waals surface area contributed by atoms with Gasteiger partial charge in [0.05, 0.1) is 30.2 Å². The molecule has 7 heteroatoms. The Kier molecular flexibility index (Phi) is 6.66. The van der Waals surface area contributed by atoms with Crippen molar-refractivity contribution in [1.29, 1.82) is 0 Å². The maximum atomic E-state index is 13.5. The van der Waals surface area contributed by atoms with E-state index in [9.17, 15) is 9.59 Å². The van der Waals surface area contributed by atoms with Crippen LogP contribution in [0.3, 0.4) is 0 Å². The second-order valence-corrected chi connectivity index (χ2v) is 7.62. The number of rotatable bonds is 8. The lowest BCUT2D eigenvalue weighted by Crippen LogP contribution is -2.32. The van der Waals surface area contributed by atoms with E-state index in [4.69, 9.17) is 21.1 Å². The molecule has 168 valence electrons. The Morgan fingerprint density at radius 3 is 2.15 bits per heavy atom. The van der Waals surface area contributed by atoms with Crippen LogP contribution in [-0.4, -0.2) is 25.0 Å². The first-order valence-corrected chi connectivity index (χ1v) is 11.0. The topological polar surface area (TPSA) is 67.9 Å². The number of hydrogen-bond acceptors (Lipinski definition) is 5. The summed E-state index contributed by atoms with van der Waals surface area (Å²) in [7, 11) is 0. The number of anilines is 2. The van der Waals surface area contributed by atoms with Crippen molar-refractivity contribution in [1.82, 2.24) is 0 Å². The minimum atomic E-state index is -0.458. The van der Waals surface area contributed by atoms with Crippen LogP contribution in [0.15, 0.2) is 78.5 Å². The van der Waals surface area contributed by atoms with E-state index in [-0.39, 0.29) is 11.3 Å². The van der Waals surface area contributed by atoms with Crippen LogP contribution in [0.4, 0.5) is 11.4 Å². The van der Waals surface area contributed by atoms with Crippen LogP contribution in [0.2, 0.25) is 5.02 Å². The van der Waals surface area contributed by atoms with Crippen LogP contribution in [0, 0.1) is 0 Å². The molecule has 1 heterocycles. The SMILES string of the molecule is CCOc1ccc(N2C(=O)C(Nc3ccccc3OCC)=C(c3ccc(Cl)cc3)C2=O)cc1. The van der Waals surface area contributed by atoms with Crippen LogP contribution >= 0.6 is 11.6 Å². The maximum Gasteiger partial charge on any atom is 0.282 e. The fraction of sp³-hybridized carbons (Fsp3) is 0.154. The second kappa shape index (κ2) is 9.79. The Morgan fingerprint density at radius 1 is 0.818 bits per heavy atom. The molecule has 0 saturated heterocycles. The number of para-hydroxylation sites is 2.